The van der Waals surface area contributed by atoms with Crippen molar-refractivity contribution in [2.75, 3.05) is 22.7 Å². The molecule has 1 aliphatic heterocycles. The maximum absolute atomic E-state index is 13.4. The zero-order chi connectivity index (χ0) is 23.3. The van der Waals surface area contributed by atoms with Crippen LogP contribution in [-0.2, 0) is 42.9 Å². The number of nitrogens with zero attached hydrogens (tertiary/aromatic N) is 5. The van der Waals surface area contributed by atoms with Gasteiger partial charge in [0.05, 0.1) is 17.9 Å². The summed E-state index contributed by atoms with van der Waals surface area (Å²) in [5.74, 6) is 0. The van der Waals surface area contributed by atoms with Crippen molar-refractivity contribution in [1.29, 1.82) is 0 Å². The van der Waals surface area contributed by atoms with Gasteiger partial charge in [-0.15, -0.1) is 0 Å². The van der Waals surface area contributed by atoms with Gasteiger partial charge in [-0.25, -0.2) is 8.42 Å². The number of rotatable bonds is 6. The molecule has 0 spiro atoms. The van der Waals surface area contributed by atoms with Crippen LogP contribution >= 0.6 is 0 Å². The van der Waals surface area contributed by atoms with E-state index in [0.717, 1.165) is 55.3 Å². The van der Waals surface area contributed by atoms with Crippen LogP contribution in [0.25, 0.3) is 4.72 Å². The van der Waals surface area contributed by atoms with E-state index >= 15 is 0 Å². The van der Waals surface area contributed by atoms with Crippen LogP contribution < -0.4 is 39.2 Å². The van der Waals surface area contributed by atoms with E-state index in [2.05, 4.69) is 40.0 Å². The van der Waals surface area contributed by atoms with E-state index in [4.69, 9.17) is 0 Å². The number of urea groups is 1. The number of fused-ring (bicyclic) bond motifs is 2. The summed E-state index contributed by atoms with van der Waals surface area (Å²) in [6.07, 6.45) is 9.06. The van der Waals surface area contributed by atoms with Crippen molar-refractivity contribution in [1.82, 2.24) is 14.7 Å². The van der Waals surface area contributed by atoms with E-state index < -0.39 is 16.2 Å². The van der Waals surface area contributed by atoms with Crippen LogP contribution in [0.5, 0.6) is 0 Å². The third-order valence-corrected chi connectivity index (χ3v) is 8.45. The molecule has 0 bridgehead atoms. The summed E-state index contributed by atoms with van der Waals surface area (Å²) in [6, 6.07) is 1.47. The Balaban J connectivity index is 0.00000274. The summed E-state index contributed by atoms with van der Waals surface area (Å²) in [4.78, 5) is 15.1. The first-order valence-corrected chi connectivity index (χ1v) is 13.1. The van der Waals surface area contributed by atoms with Gasteiger partial charge in [-0.1, -0.05) is 6.07 Å². The molecule has 1 aromatic carbocycles. The number of anilines is 2. The van der Waals surface area contributed by atoms with Crippen molar-refractivity contribution < 1.29 is 42.8 Å². The number of carbonyl (C=O) groups excluding carboxylic acids is 1. The summed E-state index contributed by atoms with van der Waals surface area (Å²) in [5.41, 5.74) is 6.05. The van der Waals surface area contributed by atoms with Crippen molar-refractivity contribution in [3.63, 3.8) is 0 Å². The standard InChI is InChI=1S/C23H32N6O3S.Na/c1-15(2)28-13-19(14-28)29(18-11-24-27(3)12-18)33(31,32)26-23(30)25-22-20-8-4-6-16(20)10-17-7-5-9-21(17)22;/h10-12,15,19H,4-9,13-14H2,1-3H3,(H2,25,26,30);/q;+1/p-1. The Morgan fingerprint density at radius 2 is 1.76 bits per heavy atom. The van der Waals surface area contributed by atoms with Gasteiger partial charge in [0.2, 0.25) is 0 Å². The largest absolute Gasteiger partial charge is 1.00 e. The molecule has 2 amide bonds. The normalized spacial score (nSPS) is 17.6. The van der Waals surface area contributed by atoms with Crippen molar-refractivity contribution in [3.8, 4) is 0 Å². The minimum atomic E-state index is -4.25. The summed E-state index contributed by atoms with van der Waals surface area (Å²) in [6.45, 7) is 5.33. The topological polar surface area (TPSA) is 102 Å². The molecule has 3 aliphatic rings. The van der Waals surface area contributed by atoms with Gasteiger partial charge in [-0.3, -0.25) is 18.7 Å². The number of aromatic nitrogens is 2. The summed E-state index contributed by atoms with van der Waals surface area (Å²) < 4.78 is 33.2. The molecule has 2 aromatic rings. The molecule has 0 radical (unpaired) electrons. The second-order valence-electron chi connectivity index (χ2n) is 9.60. The fraction of sp³-hybridized carbons (Fsp3) is 0.565. The Morgan fingerprint density at radius 1 is 1.15 bits per heavy atom. The van der Waals surface area contributed by atoms with Gasteiger partial charge in [-0.2, -0.15) is 5.10 Å². The smallest absolute Gasteiger partial charge is 0.423 e. The molecule has 1 aromatic heterocycles. The molecule has 1 N–H and O–H groups in total. The third kappa shape index (κ3) is 4.75. The first kappa shape index (κ1) is 25.5. The second-order valence-corrected chi connectivity index (χ2v) is 11.1. The van der Waals surface area contributed by atoms with E-state index in [-0.39, 0.29) is 35.6 Å². The molecule has 178 valence electrons. The number of aryl methyl sites for hydroxylation is 3. The molecule has 1 saturated heterocycles. The molecule has 9 nitrogen and oxygen atoms in total. The number of hydrogen-bond donors (Lipinski definition) is 1. The maximum atomic E-state index is 13.4. The number of hydrogen-bond acceptors (Lipinski definition) is 5. The predicted molar refractivity (Wildman–Crippen MR) is 128 cm³/mol. The van der Waals surface area contributed by atoms with Crippen LogP contribution in [0, 0.1) is 0 Å². The Kier molecular flexibility index (Phi) is 7.36. The summed E-state index contributed by atoms with van der Waals surface area (Å²) >= 11 is 0. The van der Waals surface area contributed by atoms with E-state index in [9.17, 15) is 13.2 Å². The number of likely N-dealkylation sites (tertiary alicyclic amines) is 1. The molecule has 11 heteroatoms. The molecular formula is C23H31N6NaO3S. The van der Waals surface area contributed by atoms with Crippen LogP contribution in [0.1, 0.15) is 48.9 Å². The molecular weight excluding hydrogens is 463 g/mol. The fourth-order valence-electron chi connectivity index (χ4n) is 5.36. The SMILES string of the molecule is CC(C)N1CC(N(c2cnn(C)c2)S(=O)(=O)[N-]C(=O)Nc2c3c(cc4c2CCC4)CCC3)C1.[Na+]. The Labute approximate surface area is 223 Å². The van der Waals surface area contributed by atoms with Crippen molar-refractivity contribution in [2.45, 2.75) is 64.5 Å². The van der Waals surface area contributed by atoms with Gasteiger partial charge in [0.1, 0.15) is 0 Å². The summed E-state index contributed by atoms with van der Waals surface area (Å²) in [5, 5.41) is 7.00. The van der Waals surface area contributed by atoms with Crippen molar-refractivity contribution in [3.05, 3.63) is 45.4 Å². The predicted octanol–water partition coefficient (Wildman–Crippen LogP) is 0.151. The van der Waals surface area contributed by atoms with Gasteiger partial charge in [-0.05, 0) is 80.3 Å². The minimum absolute atomic E-state index is 0. The van der Waals surface area contributed by atoms with Gasteiger partial charge in [0, 0.05) is 32.4 Å². The van der Waals surface area contributed by atoms with Gasteiger partial charge in [0.25, 0.3) is 10.2 Å². The zero-order valence-corrected chi connectivity index (χ0v) is 23.2. The quantitative estimate of drug-likeness (QED) is 0.576. The average molecular weight is 495 g/mol. The number of carbonyl (C=O) groups is 1. The van der Waals surface area contributed by atoms with Crippen molar-refractivity contribution in [2.24, 2.45) is 7.05 Å². The molecule has 34 heavy (non-hydrogen) atoms. The van der Waals surface area contributed by atoms with E-state index in [0.29, 0.717) is 24.8 Å². The second kappa shape index (κ2) is 9.81. The molecule has 5 rings (SSSR count). The van der Waals surface area contributed by atoms with E-state index in [1.165, 1.54) is 21.6 Å². The number of nitrogens with one attached hydrogen (secondary N) is 1. The Morgan fingerprint density at radius 3 is 2.29 bits per heavy atom. The Bertz CT molecular complexity index is 1160. The molecule has 0 atom stereocenters. The average Bonchev–Trinajstić information content (AvgIpc) is 3.43. The van der Waals surface area contributed by atoms with E-state index in [1.54, 1.807) is 17.9 Å². The third-order valence-electron chi connectivity index (χ3n) is 7.05. The van der Waals surface area contributed by atoms with E-state index in [1.807, 2.05) is 0 Å². The first-order valence-electron chi connectivity index (χ1n) is 11.7. The van der Waals surface area contributed by atoms with Crippen LogP contribution in [0.4, 0.5) is 16.2 Å². The zero-order valence-electron chi connectivity index (χ0n) is 20.4. The molecule has 1 fully saturated rings. The van der Waals surface area contributed by atoms with Crippen molar-refractivity contribution >= 4 is 27.6 Å². The number of amides is 2. The molecule has 0 saturated carbocycles. The Hall–Kier alpha value is -1.59. The minimum Gasteiger partial charge on any atom is -0.423 e. The first-order chi connectivity index (χ1) is 15.7. The van der Waals surface area contributed by atoms with Crippen LogP contribution in [-0.4, -0.2) is 54.3 Å². The van der Waals surface area contributed by atoms with Gasteiger partial charge in [0.15, 0.2) is 6.03 Å². The van der Waals surface area contributed by atoms with Crippen LogP contribution in [0.15, 0.2) is 18.5 Å². The number of benzene rings is 1. The molecule has 2 aliphatic carbocycles. The van der Waals surface area contributed by atoms with Crippen LogP contribution in [0.3, 0.4) is 0 Å². The van der Waals surface area contributed by atoms with Gasteiger partial charge < -0.3 is 10.0 Å². The summed E-state index contributed by atoms with van der Waals surface area (Å²) in [7, 11) is -2.52. The molecule has 2 heterocycles. The fourth-order valence-corrected chi connectivity index (χ4v) is 6.57. The monoisotopic (exact) mass is 494 g/mol. The van der Waals surface area contributed by atoms with Gasteiger partial charge >= 0.3 is 29.6 Å². The maximum Gasteiger partial charge on any atom is 1.00 e. The molecule has 0 unspecified atom stereocenters. The van der Waals surface area contributed by atoms with Crippen LogP contribution in [0.2, 0.25) is 0 Å².